The molecule has 1 aliphatic heterocycles. The summed E-state index contributed by atoms with van der Waals surface area (Å²) in [4.78, 5) is 21.2. The first-order valence-corrected chi connectivity index (χ1v) is 8.95. The molecule has 8 nitrogen and oxygen atoms in total. The standard InChI is InChI=1S/C17H19F3N8/c1-12-10-14(28-16(24-12)22-11-23-28)26-6-8-27(9-7-26)15-21-5-3-13(25-15)2-4-17(18,19)20/h3,5,10-11H,2,4,6-9H2,1H3. The van der Waals surface area contributed by atoms with Gasteiger partial charge < -0.3 is 9.80 Å². The largest absolute Gasteiger partial charge is 0.389 e. The van der Waals surface area contributed by atoms with Crippen LogP contribution in [0.4, 0.5) is 24.9 Å². The zero-order valence-electron chi connectivity index (χ0n) is 15.3. The Morgan fingerprint density at radius 1 is 1.04 bits per heavy atom. The number of halogens is 3. The second-order valence-electron chi connectivity index (χ2n) is 6.66. The molecule has 148 valence electrons. The molecular formula is C17H19F3N8. The normalized spacial score (nSPS) is 15.4. The first-order valence-electron chi connectivity index (χ1n) is 8.95. The monoisotopic (exact) mass is 392 g/mol. The lowest BCUT2D eigenvalue weighted by molar-refractivity contribution is -0.134. The first-order chi connectivity index (χ1) is 13.4. The number of nitrogens with zero attached hydrogens (tertiary/aromatic N) is 8. The van der Waals surface area contributed by atoms with Crippen LogP contribution < -0.4 is 9.80 Å². The Labute approximate surface area is 159 Å². The molecule has 0 N–H and O–H groups in total. The van der Waals surface area contributed by atoms with Crippen LogP contribution in [0.15, 0.2) is 24.7 Å². The van der Waals surface area contributed by atoms with Crippen molar-refractivity contribution in [1.82, 2.24) is 29.5 Å². The first kappa shape index (κ1) is 18.4. The van der Waals surface area contributed by atoms with Crippen molar-refractivity contribution in [2.45, 2.75) is 25.9 Å². The molecule has 1 aliphatic rings. The van der Waals surface area contributed by atoms with Crippen molar-refractivity contribution in [3.63, 3.8) is 0 Å². The van der Waals surface area contributed by atoms with Gasteiger partial charge in [-0.2, -0.15) is 27.8 Å². The van der Waals surface area contributed by atoms with Gasteiger partial charge in [-0.25, -0.2) is 15.0 Å². The Kier molecular flexibility index (Phi) is 4.73. The third kappa shape index (κ3) is 3.97. The lowest BCUT2D eigenvalue weighted by Gasteiger charge is -2.36. The van der Waals surface area contributed by atoms with Gasteiger partial charge in [0.1, 0.15) is 12.1 Å². The molecule has 28 heavy (non-hydrogen) atoms. The topological polar surface area (TPSA) is 75.3 Å². The molecule has 0 bridgehead atoms. The van der Waals surface area contributed by atoms with Crippen LogP contribution in [0.25, 0.3) is 5.78 Å². The highest BCUT2D eigenvalue weighted by atomic mass is 19.4. The molecule has 4 heterocycles. The molecule has 0 atom stereocenters. The van der Waals surface area contributed by atoms with Crippen LogP contribution in [0.5, 0.6) is 0 Å². The Balaban J connectivity index is 1.45. The maximum Gasteiger partial charge on any atom is 0.389 e. The Hall–Kier alpha value is -2.98. The minimum Gasteiger partial charge on any atom is -0.353 e. The van der Waals surface area contributed by atoms with E-state index in [9.17, 15) is 13.2 Å². The summed E-state index contributed by atoms with van der Waals surface area (Å²) in [5.74, 6) is 1.94. The fourth-order valence-electron chi connectivity index (χ4n) is 3.22. The highest BCUT2D eigenvalue weighted by Crippen LogP contribution is 2.23. The number of aryl methyl sites for hydroxylation is 2. The van der Waals surface area contributed by atoms with Crippen molar-refractivity contribution in [3.05, 3.63) is 36.0 Å². The molecule has 0 amide bonds. The molecule has 0 spiro atoms. The average Bonchev–Trinajstić information content (AvgIpc) is 3.14. The fourth-order valence-corrected chi connectivity index (χ4v) is 3.22. The van der Waals surface area contributed by atoms with Crippen LogP contribution in [0.3, 0.4) is 0 Å². The van der Waals surface area contributed by atoms with Gasteiger partial charge in [0, 0.05) is 56.3 Å². The van der Waals surface area contributed by atoms with E-state index < -0.39 is 12.6 Å². The van der Waals surface area contributed by atoms with Crippen molar-refractivity contribution in [2.24, 2.45) is 0 Å². The zero-order valence-corrected chi connectivity index (χ0v) is 15.3. The average molecular weight is 392 g/mol. The lowest BCUT2D eigenvalue weighted by atomic mass is 10.2. The molecule has 11 heteroatoms. The molecule has 1 saturated heterocycles. The van der Waals surface area contributed by atoms with Crippen LogP contribution in [-0.4, -0.2) is 61.9 Å². The number of hydrogen-bond donors (Lipinski definition) is 0. The molecule has 0 aliphatic carbocycles. The van der Waals surface area contributed by atoms with Gasteiger partial charge in [-0.1, -0.05) is 0 Å². The lowest BCUT2D eigenvalue weighted by Crippen LogP contribution is -2.47. The second kappa shape index (κ2) is 7.21. The molecule has 3 aromatic heterocycles. The van der Waals surface area contributed by atoms with E-state index >= 15 is 0 Å². The van der Waals surface area contributed by atoms with Crippen LogP contribution in [0, 0.1) is 6.92 Å². The summed E-state index contributed by atoms with van der Waals surface area (Å²) < 4.78 is 39.0. The summed E-state index contributed by atoms with van der Waals surface area (Å²) in [5.41, 5.74) is 1.26. The van der Waals surface area contributed by atoms with Crippen molar-refractivity contribution >= 4 is 17.5 Å². The van der Waals surface area contributed by atoms with Gasteiger partial charge >= 0.3 is 6.18 Å². The summed E-state index contributed by atoms with van der Waals surface area (Å²) >= 11 is 0. The summed E-state index contributed by atoms with van der Waals surface area (Å²) in [5, 5.41) is 4.24. The van der Waals surface area contributed by atoms with Crippen molar-refractivity contribution in [2.75, 3.05) is 36.0 Å². The summed E-state index contributed by atoms with van der Waals surface area (Å²) in [6.07, 6.45) is -2.22. The van der Waals surface area contributed by atoms with E-state index in [2.05, 4.69) is 29.9 Å². The molecular weight excluding hydrogens is 373 g/mol. The number of rotatable bonds is 4. The molecule has 1 fully saturated rings. The molecule has 0 unspecified atom stereocenters. The maximum atomic E-state index is 12.4. The van der Waals surface area contributed by atoms with Crippen molar-refractivity contribution < 1.29 is 13.2 Å². The van der Waals surface area contributed by atoms with Gasteiger partial charge in [-0.05, 0) is 19.4 Å². The summed E-state index contributed by atoms with van der Waals surface area (Å²) in [6, 6.07) is 3.50. The quantitative estimate of drug-likeness (QED) is 0.673. The summed E-state index contributed by atoms with van der Waals surface area (Å²) in [7, 11) is 0. The number of aromatic nitrogens is 6. The number of fused-ring (bicyclic) bond motifs is 1. The number of anilines is 2. The third-order valence-corrected chi connectivity index (χ3v) is 4.61. The van der Waals surface area contributed by atoms with Crippen molar-refractivity contribution in [3.8, 4) is 0 Å². The number of hydrogen-bond acceptors (Lipinski definition) is 7. The predicted molar refractivity (Wildman–Crippen MR) is 96.4 cm³/mol. The van der Waals surface area contributed by atoms with E-state index in [4.69, 9.17) is 0 Å². The van der Waals surface area contributed by atoms with E-state index in [1.165, 1.54) is 18.6 Å². The Morgan fingerprint density at radius 3 is 2.54 bits per heavy atom. The molecule has 0 radical (unpaired) electrons. The predicted octanol–water partition coefficient (Wildman–Crippen LogP) is 2.04. The minimum atomic E-state index is -4.19. The smallest absolute Gasteiger partial charge is 0.353 e. The zero-order chi connectivity index (χ0) is 19.7. The SMILES string of the molecule is Cc1cc(N2CCN(c3nccc(CCC(F)(F)F)n3)CC2)n2ncnc2n1. The van der Waals surface area contributed by atoms with Gasteiger partial charge in [0.05, 0.1) is 0 Å². The highest BCUT2D eigenvalue weighted by Gasteiger charge is 2.27. The van der Waals surface area contributed by atoms with Gasteiger partial charge in [-0.15, -0.1) is 0 Å². The van der Waals surface area contributed by atoms with Gasteiger partial charge in [0.2, 0.25) is 5.95 Å². The van der Waals surface area contributed by atoms with Crippen molar-refractivity contribution in [1.29, 1.82) is 0 Å². The molecule has 3 aromatic rings. The number of piperazine rings is 1. The van der Waals surface area contributed by atoms with E-state index in [1.807, 2.05) is 17.9 Å². The van der Waals surface area contributed by atoms with E-state index in [-0.39, 0.29) is 6.42 Å². The second-order valence-corrected chi connectivity index (χ2v) is 6.66. The van der Waals surface area contributed by atoms with Crippen LogP contribution in [0.2, 0.25) is 0 Å². The summed E-state index contributed by atoms with van der Waals surface area (Å²) in [6.45, 7) is 4.62. The molecule has 4 rings (SSSR count). The third-order valence-electron chi connectivity index (χ3n) is 4.61. The molecule has 0 aromatic carbocycles. The van der Waals surface area contributed by atoms with Gasteiger partial charge in [0.25, 0.3) is 5.78 Å². The van der Waals surface area contributed by atoms with E-state index in [0.29, 0.717) is 43.6 Å². The van der Waals surface area contributed by atoms with E-state index in [1.54, 1.807) is 4.52 Å². The van der Waals surface area contributed by atoms with Crippen LogP contribution >= 0.6 is 0 Å². The Bertz CT molecular complexity index is 962. The highest BCUT2D eigenvalue weighted by molar-refractivity contribution is 5.49. The number of alkyl halides is 3. The van der Waals surface area contributed by atoms with Crippen LogP contribution in [-0.2, 0) is 6.42 Å². The molecule has 0 saturated carbocycles. The van der Waals surface area contributed by atoms with Gasteiger partial charge in [0.15, 0.2) is 0 Å². The van der Waals surface area contributed by atoms with Crippen LogP contribution in [0.1, 0.15) is 17.8 Å². The minimum absolute atomic E-state index is 0.139. The van der Waals surface area contributed by atoms with E-state index in [0.717, 1.165) is 11.5 Å². The Morgan fingerprint density at radius 2 is 1.79 bits per heavy atom. The van der Waals surface area contributed by atoms with Gasteiger partial charge in [-0.3, -0.25) is 0 Å². The maximum absolute atomic E-state index is 12.4. The fraction of sp³-hybridized carbons (Fsp3) is 0.471.